The predicted octanol–water partition coefficient (Wildman–Crippen LogP) is 2.75. The second-order valence-corrected chi connectivity index (χ2v) is 5.64. The minimum atomic E-state index is -0.0776. The number of thioether (sulfide) groups is 1. The molecule has 0 radical (unpaired) electrons. The van der Waals surface area contributed by atoms with Gasteiger partial charge in [-0.2, -0.15) is 0 Å². The van der Waals surface area contributed by atoms with E-state index in [1.165, 1.54) is 0 Å². The summed E-state index contributed by atoms with van der Waals surface area (Å²) >= 11 is 1.58. The van der Waals surface area contributed by atoms with Crippen molar-refractivity contribution in [1.29, 1.82) is 0 Å². The fourth-order valence-electron chi connectivity index (χ4n) is 2.14. The zero-order chi connectivity index (χ0) is 15.9. The van der Waals surface area contributed by atoms with Crippen molar-refractivity contribution >= 4 is 17.7 Å². The molecular weight excluding hydrogens is 298 g/mol. The highest BCUT2D eigenvalue weighted by Crippen LogP contribution is 2.18. The second-order valence-electron chi connectivity index (χ2n) is 4.86. The molecule has 1 heterocycles. The molecule has 118 valence electrons. The summed E-state index contributed by atoms with van der Waals surface area (Å²) in [5, 5.41) is 3.89. The molecule has 0 fully saturated rings. The number of carbonyl (C=O) groups is 1. The lowest BCUT2D eigenvalue weighted by Crippen LogP contribution is -2.37. The monoisotopic (exact) mass is 319 g/mol. The number of ether oxygens (including phenoxy) is 1. The molecule has 0 aliphatic rings. The average Bonchev–Trinajstić information content (AvgIpc) is 3.03. The number of rotatable bonds is 7. The first-order valence-electron chi connectivity index (χ1n) is 7.17. The van der Waals surface area contributed by atoms with Crippen molar-refractivity contribution in [3.63, 3.8) is 0 Å². The van der Waals surface area contributed by atoms with Crippen LogP contribution < -0.4 is 5.32 Å². The van der Waals surface area contributed by atoms with Gasteiger partial charge in [0.05, 0.1) is 12.6 Å². The molecular formula is C16H21N3O2S. The minimum Gasteiger partial charge on any atom is -0.383 e. The van der Waals surface area contributed by atoms with Crippen LogP contribution in [0.25, 0.3) is 5.69 Å². The number of aromatic nitrogens is 2. The smallest absolute Gasteiger partial charge is 0.251 e. The molecule has 1 unspecified atom stereocenters. The third-order valence-electron chi connectivity index (χ3n) is 3.39. The minimum absolute atomic E-state index is 0.0360. The predicted molar refractivity (Wildman–Crippen MR) is 88.8 cm³/mol. The molecule has 5 nitrogen and oxygen atoms in total. The van der Waals surface area contributed by atoms with Crippen LogP contribution in [0.5, 0.6) is 0 Å². The third-order valence-corrected chi connectivity index (χ3v) is 4.06. The molecule has 22 heavy (non-hydrogen) atoms. The van der Waals surface area contributed by atoms with Crippen LogP contribution in [-0.4, -0.2) is 41.5 Å². The van der Waals surface area contributed by atoms with E-state index in [0.29, 0.717) is 12.2 Å². The van der Waals surface area contributed by atoms with Crippen molar-refractivity contribution in [2.75, 3.05) is 20.0 Å². The molecule has 0 aliphatic heterocycles. The largest absolute Gasteiger partial charge is 0.383 e. The Balaban J connectivity index is 2.10. The van der Waals surface area contributed by atoms with Gasteiger partial charge in [-0.15, -0.1) is 0 Å². The summed E-state index contributed by atoms with van der Waals surface area (Å²) in [6.45, 7) is 2.54. The highest BCUT2D eigenvalue weighted by Gasteiger charge is 2.12. The third kappa shape index (κ3) is 3.90. The first-order valence-corrected chi connectivity index (χ1v) is 8.39. The van der Waals surface area contributed by atoms with Crippen LogP contribution in [0.3, 0.4) is 0 Å². The lowest BCUT2D eigenvalue weighted by molar-refractivity contribution is 0.0894. The van der Waals surface area contributed by atoms with Crippen LogP contribution in [-0.2, 0) is 4.74 Å². The Hall–Kier alpha value is -1.79. The zero-order valence-corrected chi connectivity index (χ0v) is 13.9. The fraction of sp³-hybridized carbons (Fsp3) is 0.375. The number of nitrogens with zero attached hydrogens (tertiary/aromatic N) is 2. The van der Waals surface area contributed by atoms with Gasteiger partial charge in [0.15, 0.2) is 5.16 Å². The van der Waals surface area contributed by atoms with Gasteiger partial charge in [-0.25, -0.2) is 4.98 Å². The Morgan fingerprint density at radius 3 is 2.73 bits per heavy atom. The standard InChI is InChI=1S/C16H21N3O2S/c1-4-13(11-21-2)18-15(20)12-5-7-14(8-6-12)19-10-9-17-16(19)22-3/h5-10,13H,4,11H2,1-3H3,(H,18,20). The lowest BCUT2D eigenvalue weighted by atomic mass is 10.1. The van der Waals surface area contributed by atoms with Crippen LogP contribution >= 0.6 is 11.8 Å². The highest BCUT2D eigenvalue weighted by atomic mass is 32.2. The second kappa shape index (κ2) is 8.00. The van der Waals surface area contributed by atoms with Crippen molar-refractivity contribution in [3.05, 3.63) is 42.2 Å². The summed E-state index contributed by atoms with van der Waals surface area (Å²) in [5.41, 5.74) is 1.63. The van der Waals surface area contributed by atoms with Crippen LogP contribution in [0, 0.1) is 0 Å². The summed E-state index contributed by atoms with van der Waals surface area (Å²) in [6.07, 6.45) is 6.50. The van der Waals surface area contributed by atoms with Gasteiger partial charge in [0.1, 0.15) is 0 Å². The quantitative estimate of drug-likeness (QED) is 0.797. The summed E-state index contributed by atoms with van der Waals surface area (Å²) in [4.78, 5) is 16.5. The van der Waals surface area contributed by atoms with E-state index in [4.69, 9.17) is 4.74 Å². The molecule has 0 bridgehead atoms. The Morgan fingerprint density at radius 2 is 2.14 bits per heavy atom. The summed E-state index contributed by atoms with van der Waals surface area (Å²) < 4.78 is 7.09. The van der Waals surface area contributed by atoms with Crippen LogP contribution in [0.15, 0.2) is 41.8 Å². The van der Waals surface area contributed by atoms with E-state index in [-0.39, 0.29) is 11.9 Å². The molecule has 6 heteroatoms. The summed E-state index contributed by atoms with van der Waals surface area (Å²) in [7, 11) is 1.64. The van der Waals surface area contributed by atoms with Gasteiger partial charge in [-0.05, 0) is 36.9 Å². The maximum atomic E-state index is 12.2. The molecule has 1 aromatic heterocycles. The number of carbonyl (C=O) groups excluding carboxylic acids is 1. The first-order chi connectivity index (χ1) is 10.7. The molecule has 1 aromatic carbocycles. The van der Waals surface area contributed by atoms with Crippen molar-refractivity contribution < 1.29 is 9.53 Å². The molecule has 0 saturated heterocycles. The molecule has 0 aliphatic carbocycles. The van der Waals surface area contributed by atoms with Gasteiger partial charge in [0.25, 0.3) is 5.91 Å². The normalized spacial score (nSPS) is 12.1. The van der Waals surface area contributed by atoms with E-state index in [9.17, 15) is 4.79 Å². The van der Waals surface area contributed by atoms with Crippen molar-refractivity contribution in [2.24, 2.45) is 0 Å². The number of hydrogen-bond acceptors (Lipinski definition) is 4. The van der Waals surface area contributed by atoms with Gasteiger partial charge in [0.2, 0.25) is 0 Å². The average molecular weight is 319 g/mol. The van der Waals surface area contributed by atoms with E-state index < -0.39 is 0 Å². The number of amides is 1. The Bertz CT molecular complexity index is 610. The maximum Gasteiger partial charge on any atom is 0.251 e. The lowest BCUT2D eigenvalue weighted by Gasteiger charge is -2.16. The summed E-state index contributed by atoms with van der Waals surface area (Å²) in [6, 6.07) is 7.54. The van der Waals surface area contributed by atoms with Gasteiger partial charge in [0, 0.05) is 30.8 Å². The van der Waals surface area contributed by atoms with Crippen molar-refractivity contribution in [3.8, 4) is 5.69 Å². The highest BCUT2D eigenvalue weighted by molar-refractivity contribution is 7.98. The number of methoxy groups -OCH3 is 1. The molecule has 0 saturated carbocycles. The van der Waals surface area contributed by atoms with Crippen LogP contribution in [0.2, 0.25) is 0 Å². The maximum absolute atomic E-state index is 12.2. The Morgan fingerprint density at radius 1 is 1.41 bits per heavy atom. The van der Waals surface area contributed by atoms with Crippen molar-refractivity contribution in [1.82, 2.24) is 14.9 Å². The summed E-state index contributed by atoms with van der Waals surface area (Å²) in [5.74, 6) is -0.0776. The van der Waals surface area contributed by atoms with E-state index in [0.717, 1.165) is 17.3 Å². The van der Waals surface area contributed by atoms with Gasteiger partial charge in [-0.1, -0.05) is 18.7 Å². The molecule has 2 rings (SSSR count). The number of benzene rings is 1. The number of imidazole rings is 1. The van der Waals surface area contributed by atoms with Crippen LogP contribution in [0.1, 0.15) is 23.7 Å². The number of nitrogens with one attached hydrogen (secondary N) is 1. The van der Waals surface area contributed by atoms with Crippen LogP contribution in [0.4, 0.5) is 0 Å². The SMILES string of the molecule is CCC(COC)NC(=O)c1ccc(-n2ccnc2SC)cc1. The van der Waals surface area contributed by atoms with Crippen molar-refractivity contribution in [2.45, 2.75) is 24.5 Å². The van der Waals surface area contributed by atoms with E-state index >= 15 is 0 Å². The molecule has 1 N–H and O–H groups in total. The van der Waals surface area contributed by atoms with Gasteiger partial charge in [-0.3, -0.25) is 9.36 Å². The molecule has 1 amide bonds. The number of hydrogen-bond donors (Lipinski definition) is 1. The molecule has 0 spiro atoms. The molecule has 1 atom stereocenters. The first kappa shape index (κ1) is 16.6. The van der Waals surface area contributed by atoms with E-state index in [1.807, 2.05) is 48.2 Å². The Kier molecular flexibility index (Phi) is 6.03. The van der Waals surface area contributed by atoms with Gasteiger partial charge >= 0.3 is 0 Å². The Labute approximate surface area is 135 Å². The van der Waals surface area contributed by atoms with E-state index in [2.05, 4.69) is 10.3 Å². The van der Waals surface area contributed by atoms with Gasteiger partial charge < -0.3 is 10.1 Å². The zero-order valence-electron chi connectivity index (χ0n) is 13.1. The van der Waals surface area contributed by atoms with E-state index in [1.54, 1.807) is 25.1 Å². The molecule has 2 aromatic rings. The fourth-order valence-corrected chi connectivity index (χ4v) is 2.67. The topological polar surface area (TPSA) is 56.1 Å².